The number of carbonyl (C=O) groups is 1. The zero-order chi connectivity index (χ0) is 18.4. The zero-order valence-electron chi connectivity index (χ0n) is 15.9. The van der Waals surface area contributed by atoms with Gasteiger partial charge in [-0.1, -0.05) is 68.4 Å². The van der Waals surface area contributed by atoms with Crippen molar-refractivity contribution in [2.75, 3.05) is 0 Å². The molecule has 23 heavy (non-hydrogen) atoms. The molecule has 128 valence electrons. The maximum atomic E-state index is 12.7. The number of rotatable bonds is 1. The Kier molecular flexibility index (Phi) is 4.87. The lowest BCUT2D eigenvalue weighted by Gasteiger charge is -2.23. The highest BCUT2D eigenvalue weighted by molar-refractivity contribution is 6.02. The van der Waals surface area contributed by atoms with Crippen molar-refractivity contribution in [1.82, 2.24) is 0 Å². The molecule has 0 aliphatic carbocycles. The lowest BCUT2D eigenvalue weighted by molar-refractivity contribution is 0.0854. The number of hydrogen-bond acceptors (Lipinski definition) is 3. The van der Waals surface area contributed by atoms with Crippen molar-refractivity contribution in [3.05, 3.63) is 39.0 Å². The van der Waals surface area contributed by atoms with Crippen LogP contribution in [0.1, 0.15) is 83.8 Å². The van der Waals surface area contributed by atoms with E-state index in [1.807, 2.05) is 47.6 Å². The summed E-state index contributed by atoms with van der Waals surface area (Å²) in [5.74, 6) is -0.514. The molecule has 0 amide bonds. The lowest BCUT2D eigenvalue weighted by Crippen LogP contribution is -2.26. The Hall–Kier alpha value is -1.64. The summed E-state index contributed by atoms with van der Waals surface area (Å²) in [6, 6.07) is 3.35. The molecule has 0 bridgehead atoms. The second-order valence-electron chi connectivity index (χ2n) is 9.32. The molecule has 0 atom stereocenters. The Morgan fingerprint density at radius 3 is 1.70 bits per heavy atom. The SMILES string of the molecule is CC(C)(C)C(=O)c1c(O)c(C(C)(C)C)cc(C(C)(C)C)cc1=O. The van der Waals surface area contributed by atoms with E-state index < -0.39 is 10.8 Å². The molecule has 0 aromatic heterocycles. The smallest absolute Gasteiger partial charge is 0.193 e. The number of Topliss-reactive ketones (excluding diaryl/α,β-unsaturated/α-hetero) is 1. The summed E-state index contributed by atoms with van der Waals surface area (Å²) >= 11 is 0. The van der Waals surface area contributed by atoms with Gasteiger partial charge in [-0.15, -0.1) is 0 Å². The number of aromatic hydroxyl groups is 1. The van der Waals surface area contributed by atoms with Crippen LogP contribution in [0, 0.1) is 5.41 Å². The molecule has 0 aliphatic heterocycles. The van der Waals surface area contributed by atoms with Crippen LogP contribution < -0.4 is 5.43 Å². The van der Waals surface area contributed by atoms with Crippen molar-refractivity contribution in [3.8, 4) is 5.75 Å². The number of carbonyl (C=O) groups excluding carboxylic acids is 1. The van der Waals surface area contributed by atoms with Crippen LogP contribution in [-0.4, -0.2) is 10.9 Å². The molecular formula is C20H30O3. The molecule has 1 aromatic carbocycles. The highest BCUT2D eigenvalue weighted by Crippen LogP contribution is 2.36. The van der Waals surface area contributed by atoms with Crippen molar-refractivity contribution < 1.29 is 9.90 Å². The van der Waals surface area contributed by atoms with E-state index in [1.165, 1.54) is 6.07 Å². The topological polar surface area (TPSA) is 54.4 Å². The van der Waals surface area contributed by atoms with Crippen LogP contribution in [0.25, 0.3) is 0 Å². The predicted octanol–water partition coefficient (Wildman–Crippen LogP) is 4.58. The standard InChI is InChI=1S/C20H30O3/c1-18(2,3)12-10-13(19(4,5)6)16(22)15(14(21)11-12)17(23)20(7,8)9/h10-11,22H,1-9H3. The molecule has 0 fully saturated rings. The molecule has 0 saturated carbocycles. The Morgan fingerprint density at radius 1 is 0.870 bits per heavy atom. The maximum Gasteiger partial charge on any atom is 0.193 e. The highest BCUT2D eigenvalue weighted by atomic mass is 16.3. The second kappa shape index (κ2) is 5.77. The fourth-order valence-corrected chi connectivity index (χ4v) is 2.33. The first-order valence-corrected chi connectivity index (χ1v) is 8.04. The molecule has 0 heterocycles. The van der Waals surface area contributed by atoms with Gasteiger partial charge in [0.05, 0.1) is 0 Å². The van der Waals surface area contributed by atoms with Crippen molar-refractivity contribution in [3.63, 3.8) is 0 Å². The first kappa shape index (κ1) is 19.4. The molecular weight excluding hydrogens is 288 g/mol. The molecule has 0 radical (unpaired) electrons. The Morgan fingerprint density at radius 2 is 1.35 bits per heavy atom. The summed E-state index contributed by atoms with van der Waals surface area (Å²) in [5.41, 5.74) is -0.453. The first-order valence-electron chi connectivity index (χ1n) is 8.04. The van der Waals surface area contributed by atoms with Gasteiger partial charge in [0.1, 0.15) is 11.3 Å². The van der Waals surface area contributed by atoms with Crippen LogP contribution in [0.5, 0.6) is 5.75 Å². The summed E-state index contributed by atoms with van der Waals surface area (Å²) in [6.07, 6.45) is 0. The summed E-state index contributed by atoms with van der Waals surface area (Å²) in [4.78, 5) is 25.4. The Bertz CT molecular complexity index is 678. The summed E-state index contributed by atoms with van der Waals surface area (Å²) in [7, 11) is 0. The fraction of sp³-hybridized carbons (Fsp3) is 0.600. The third-order valence-electron chi connectivity index (χ3n) is 3.91. The quantitative estimate of drug-likeness (QED) is 0.771. The molecule has 0 unspecified atom stereocenters. The van der Waals surface area contributed by atoms with E-state index in [4.69, 9.17) is 0 Å². The average molecular weight is 318 g/mol. The van der Waals surface area contributed by atoms with Crippen LogP contribution in [0.2, 0.25) is 0 Å². The largest absolute Gasteiger partial charge is 0.507 e. The molecule has 0 aliphatic rings. The van der Waals surface area contributed by atoms with Crippen LogP contribution in [0.3, 0.4) is 0 Å². The van der Waals surface area contributed by atoms with E-state index in [-0.39, 0.29) is 27.9 Å². The summed E-state index contributed by atoms with van der Waals surface area (Å²) in [5, 5.41) is 10.8. The van der Waals surface area contributed by atoms with Gasteiger partial charge in [-0.2, -0.15) is 0 Å². The average Bonchev–Trinajstić information content (AvgIpc) is 2.42. The number of ketones is 1. The van der Waals surface area contributed by atoms with Gasteiger partial charge in [-0.05, 0) is 22.5 Å². The van der Waals surface area contributed by atoms with Gasteiger partial charge in [0.2, 0.25) is 0 Å². The molecule has 1 aromatic rings. The van der Waals surface area contributed by atoms with Crippen molar-refractivity contribution >= 4 is 5.78 Å². The summed E-state index contributed by atoms with van der Waals surface area (Å²) in [6.45, 7) is 17.2. The van der Waals surface area contributed by atoms with Crippen LogP contribution in [0.4, 0.5) is 0 Å². The monoisotopic (exact) mass is 318 g/mol. The van der Waals surface area contributed by atoms with E-state index in [9.17, 15) is 14.7 Å². The maximum absolute atomic E-state index is 12.7. The molecule has 1 N–H and O–H groups in total. The second-order valence-corrected chi connectivity index (χ2v) is 9.32. The van der Waals surface area contributed by atoms with Gasteiger partial charge >= 0.3 is 0 Å². The lowest BCUT2D eigenvalue weighted by atomic mass is 9.81. The van der Waals surface area contributed by atoms with Gasteiger partial charge < -0.3 is 5.11 Å². The van der Waals surface area contributed by atoms with E-state index in [2.05, 4.69) is 0 Å². The fourth-order valence-electron chi connectivity index (χ4n) is 2.33. The number of hydrogen-bond donors (Lipinski definition) is 1. The van der Waals surface area contributed by atoms with E-state index >= 15 is 0 Å². The Balaban J connectivity index is 3.99. The van der Waals surface area contributed by atoms with Gasteiger partial charge in [0.25, 0.3) is 0 Å². The van der Waals surface area contributed by atoms with E-state index in [0.717, 1.165) is 5.56 Å². The molecule has 0 spiro atoms. The Labute approximate surface area is 139 Å². The van der Waals surface area contributed by atoms with Crippen molar-refractivity contribution in [2.45, 2.75) is 73.1 Å². The van der Waals surface area contributed by atoms with Crippen molar-refractivity contribution in [1.29, 1.82) is 0 Å². The minimum absolute atomic E-state index is 0.0991. The molecule has 3 nitrogen and oxygen atoms in total. The molecule has 1 rings (SSSR count). The first-order chi connectivity index (χ1) is 10.1. The van der Waals surface area contributed by atoms with Crippen LogP contribution in [0.15, 0.2) is 16.9 Å². The van der Waals surface area contributed by atoms with Gasteiger partial charge in [0, 0.05) is 11.0 Å². The molecule has 3 heteroatoms. The van der Waals surface area contributed by atoms with Gasteiger partial charge in [-0.25, -0.2) is 0 Å². The third-order valence-corrected chi connectivity index (χ3v) is 3.91. The normalized spacial score (nSPS) is 13.1. The zero-order valence-corrected chi connectivity index (χ0v) is 15.9. The minimum Gasteiger partial charge on any atom is -0.507 e. The third kappa shape index (κ3) is 4.21. The van der Waals surface area contributed by atoms with Crippen molar-refractivity contribution in [2.24, 2.45) is 5.41 Å². The van der Waals surface area contributed by atoms with E-state index in [0.29, 0.717) is 5.56 Å². The minimum atomic E-state index is -0.734. The van der Waals surface area contributed by atoms with Gasteiger partial charge in [0.15, 0.2) is 11.2 Å². The molecule has 0 saturated heterocycles. The van der Waals surface area contributed by atoms with Crippen LogP contribution >= 0.6 is 0 Å². The summed E-state index contributed by atoms with van der Waals surface area (Å²) < 4.78 is 0. The van der Waals surface area contributed by atoms with Gasteiger partial charge in [-0.3, -0.25) is 9.59 Å². The van der Waals surface area contributed by atoms with Crippen LogP contribution in [-0.2, 0) is 10.8 Å². The van der Waals surface area contributed by atoms with E-state index in [1.54, 1.807) is 20.8 Å². The predicted molar refractivity (Wildman–Crippen MR) is 95.6 cm³/mol. The highest BCUT2D eigenvalue weighted by Gasteiger charge is 2.31.